The molecule has 1 fully saturated rings. The highest BCUT2D eigenvalue weighted by Crippen LogP contribution is 2.46. The Labute approximate surface area is 205 Å². The van der Waals surface area contributed by atoms with Gasteiger partial charge in [-0.3, -0.25) is 9.59 Å². The highest BCUT2D eigenvalue weighted by molar-refractivity contribution is 6.05. The van der Waals surface area contributed by atoms with Crippen molar-refractivity contribution in [2.24, 2.45) is 0 Å². The molecule has 6 heteroatoms. The van der Waals surface area contributed by atoms with Gasteiger partial charge in [-0.05, 0) is 62.9 Å². The molecular weight excluding hydrogens is 440 g/mol. The van der Waals surface area contributed by atoms with Gasteiger partial charge < -0.3 is 19.8 Å². The van der Waals surface area contributed by atoms with Crippen molar-refractivity contribution >= 4 is 17.9 Å². The van der Waals surface area contributed by atoms with E-state index in [0.29, 0.717) is 17.7 Å². The van der Waals surface area contributed by atoms with Crippen molar-refractivity contribution in [1.29, 1.82) is 0 Å². The Balaban J connectivity index is 1.42. The summed E-state index contributed by atoms with van der Waals surface area (Å²) in [6.45, 7) is 1.92. The normalized spacial score (nSPS) is 18.9. The molecule has 6 nitrogen and oxygen atoms in total. The van der Waals surface area contributed by atoms with Crippen molar-refractivity contribution in [3.63, 3.8) is 0 Å². The predicted molar refractivity (Wildman–Crippen MR) is 134 cm³/mol. The Morgan fingerprint density at radius 1 is 1.00 bits per heavy atom. The SMILES string of the molecule is Cc1cccc(C(=O)N/C(=C\c2ccco2)C(=O)N[C@@H]2CC3(CCCCC3)Oc3ccccc32)c1. The third-order valence-electron chi connectivity index (χ3n) is 6.87. The van der Waals surface area contributed by atoms with Gasteiger partial charge in [0, 0.05) is 23.6 Å². The molecular formula is C29H30N2O4. The molecule has 1 atom stereocenters. The third kappa shape index (κ3) is 5.16. The van der Waals surface area contributed by atoms with Crippen LogP contribution >= 0.6 is 0 Å². The maximum atomic E-state index is 13.6. The molecule has 0 bridgehead atoms. The molecule has 0 saturated heterocycles. The number of rotatable bonds is 5. The van der Waals surface area contributed by atoms with Crippen LogP contribution in [0.1, 0.15) is 71.8 Å². The quantitative estimate of drug-likeness (QED) is 0.469. The van der Waals surface area contributed by atoms with E-state index in [0.717, 1.165) is 42.6 Å². The van der Waals surface area contributed by atoms with E-state index in [1.807, 2.05) is 43.3 Å². The van der Waals surface area contributed by atoms with Gasteiger partial charge in [0.1, 0.15) is 22.8 Å². The van der Waals surface area contributed by atoms with Crippen molar-refractivity contribution in [1.82, 2.24) is 10.6 Å². The van der Waals surface area contributed by atoms with Gasteiger partial charge >= 0.3 is 0 Å². The molecule has 0 unspecified atom stereocenters. The van der Waals surface area contributed by atoms with Gasteiger partial charge in [0.15, 0.2) is 0 Å². The van der Waals surface area contributed by atoms with Crippen LogP contribution in [0.4, 0.5) is 0 Å². The van der Waals surface area contributed by atoms with Crippen LogP contribution in [0.5, 0.6) is 5.75 Å². The molecule has 1 spiro atoms. The number of carbonyl (C=O) groups excluding carboxylic acids is 2. The smallest absolute Gasteiger partial charge is 0.268 e. The first-order chi connectivity index (χ1) is 17.0. The maximum Gasteiger partial charge on any atom is 0.268 e. The molecule has 2 heterocycles. The second-order valence-corrected chi connectivity index (χ2v) is 9.51. The first-order valence-corrected chi connectivity index (χ1v) is 12.2. The fourth-order valence-electron chi connectivity index (χ4n) is 5.14. The number of benzene rings is 2. The summed E-state index contributed by atoms with van der Waals surface area (Å²) in [7, 11) is 0. The minimum Gasteiger partial charge on any atom is -0.487 e. The Kier molecular flexibility index (Phi) is 6.45. The fraction of sp³-hybridized carbons (Fsp3) is 0.310. The molecule has 5 rings (SSSR count). The van der Waals surface area contributed by atoms with Crippen LogP contribution < -0.4 is 15.4 Å². The van der Waals surface area contributed by atoms with Gasteiger partial charge in [0.05, 0.1) is 12.3 Å². The first kappa shape index (κ1) is 23.0. The zero-order chi connectivity index (χ0) is 24.3. The van der Waals surface area contributed by atoms with Gasteiger partial charge in [0.25, 0.3) is 11.8 Å². The summed E-state index contributed by atoms with van der Waals surface area (Å²) in [5.41, 5.74) is 2.28. The number of fused-ring (bicyclic) bond motifs is 1. The zero-order valence-corrected chi connectivity index (χ0v) is 19.9. The van der Waals surface area contributed by atoms with E-state index in [9.17, 15) is 9.59 Å². The Morgan fingerprint density at radius 2 is 1.83 bits per heavy atom. The molecule has 3 aromatic rings. The van der Waals surface area contributed by atoms with Crippen LogP contribution in [0, 0.1) is 6.92 Å². The Morgan fingerprint density at radius 3 is 2.60 bits per heavy atom. The lowest BCUT2D eigenvalue weighted by atomic mass is 9.77. The van der Waals surface area contributed by atoms with Crippen molar-refractivity contribution in [3.8, 4) is 5.75 Å². The van der Waals surface area contributed by atoms with E-state index in [2.05, 4.69) is 10.6 Å². The van der Waals surface area contributed by atoms with Crippen LogP contribution in [0.2, 0.25) is 0 Å². The average molecular weight is 471 g/mol. The number of para-hydroxylation sites is 1. The van der Waals surface area contributed by atoms with E-state index in [1.165, 1.54) is 12.7 Å². The van der Waals surface area contributed by atoms with E-state index >= 15 is 0 Å². The lowest BCUT2D eigenvalue weighted by molar-refractivity contribution is -0.119. The number of carbonyl (C=O) groups is 2. The van der Waals surface area contributed by atoms with Gasteiger partial charge in [-0.25, -0.2) is 0 Å². The lowest BCUT2D eigenvalue weighted by Crippen LogP contribution is -2.47. The third-order valence-corrected chi connectivity index (χ3v) is 6.87. The largest absolute Gasteiger partial charge is 0.487 e. The molecule has 180 valence electrons. The summed E-state index contributed by atoms with van der Waals surface area (Å²) in [6.07, 6.45) is 9.22. The highest BCUT2D eigenvalue weighted by atomic mass is 16.5. The predicted octanol–water partition coefficient (Wildman–Crippen LogP) is 5.70. The summed E-state index contributed by atoms with van der Waals surface area (Å²) >= 11 is 0. The lowest BCUT2D eigenvalue weighted by Gasteiger charge is -2.44. The summed E-state index contributed by atoms with van der Waals surface area (Å²) < 4.78 is 11.9. The molecule has 0 radical (unpaired) electrons. The minimum atomic E-state index is -0.366. The standard InChI is InChI=1S/C29H30N2O4/c1-20-9-7-10-21(17-20)27(32)30-24(18-22-11-8-16-34-22)28(33)31-25-19-29(14-5-2-6-15-29)35-26-13-4-3-12-23(25)26/h3-4,7-13,16-18,25H,2,5-6,14-15,19H2,1H3,(H,30,32)(H,31,33)/b24-18-/t25-/m1/s1. The highest BCUT2D eigenvalue weighted by Gasteiger charge is 2.42. The Bertz CT molecular complexity index is 1240. The van der Waals surface area contributed by atoms with Crippen molar-refractivity contribution in [2.75, 3.05) is 0 Å². The first-order valence-electron chi connectivity index (χ1n) is 12.2. The minimum absolute atomic E-state index is 0.133. The van der Waals surface area contributed by atoms with Gasteiger partial charge in [0.2, 0.25) is 0 Å². The fourth-order valence-corrected chi connectivity index (χ4v) is 5.14. The second-order valence-electron chi connectivity index (χ2n) is 9.51. The van der Waals surface area contributed by atoms with Crippen LogP contribution in [0.15, 0.2) is 77.0 Å². The number of aryl methyl sites for hydroxylation is 1. The Hall–Kier alpha value is -3.80. The summed E-state index contributed by atoms with van der Waals surface area (Å²) in [5, 5.41) is 5.99. The molecule has 2 aliphatic rings. The number of hydrogen-bond acceptors (Lipinski definition) is 4. The van der Waals surface area contributed by atoms with E-state index in [4.69, 9.17) is 9.15 Å². The number of ether oxygens (including phenoxy) is 1. The van der Waals surface area contributed by atoms with Gasteiger partial charge in [-0.2, -0.15) is 0 Å². The second kappa shape index (κ2) is 9.82. The van der Waals surface area contributed by atoms with E-state index in [1.54, 1.807) is 30.3 Å². The average Bonchev–Trinajstić information content (AvgIpc) is 3.37. The molecule has 35 heavy (non-hydrogen) atoms. The van der Waals surface area contributed by atoms with Crippen LogP contribution in [-0.2, 0) is 4.79 Å². The summed E-state index contributed by atoms with van der Waals surface area (Å²) in [5.74, 6) is 0.593. The number of amides is 2. The van der Waals surface area contributed by atoms with E-state index < -0.39 is 0 Å². The molecule has 2 amide bonds. The van der Waals surface area contributed by atoms with Crippen molar-refractivity contribution in [2.45, 2.75) is 57.1 Å². The summed E-state index contributed by atoms with van der Waals surface area (Å²) in [6, 6.07) is 18.4. The number of nitrogens with one attached hydrogen (secondary N) is 2. The summed E-state index contributed by atoms with van der Waals surface area (Å²) in [4.78, 5) is 26.6. The van der Waals surface area contributed by atoms with E-state index in [-0.39, 0.29) is 29.2 Å². The molecule has 1 aliphatic heterocycles. The molecule has 1 aromatic heterocycles. The van der Waals surface area contributed by atoms with Crippen molar-refractivity contribution < 1.29 is 18.7 Å². The van der Waals surface area contributed by atoms with Crippen LogP contribution in [-0.4, -0.2) is 17.4 Å². The van der Waals surface area contributed by atoms with Crippen LogP contribution in [0.3, 0.4) is 0 Å². The van der Waals surface area contributed by atoms with Crippen molar-refractivity contribution in [3.05, 3.63) is 95.1 Å². The number of furan rings is 1. The molecule has 1 aliphatic carbocycles. The van der Waals surface area contributed by atoms with Crippen LogP contribution in [0.25, 0.3) is 6.08 Å². The van der Waals surface area contributed by atoms with Gasteiger partial charge in [-0.1, -0.05) is 42.3 Å². The van der Waals surface area contributed by atoms with Gasteiger partial charge in [-0.15, -0.1) is 0 Å². The zero-order valence-electron chi connectivity index (χ0n) is 19.9. The molecule has 1 saturated carbocycles. The molecule has 2 aromatic carbocycles. The number of hydrogen-bond donors (Lipinski definition) is 2. The monoisotopic (exact) mass is 470 g/mol. The maximum absolute atomic E-state index is 13.6. The topological polar surface area (TPSA) is 80.6 Å². The molecule has 2 N–H and O–H groups in total.